The third-order valence-electron chi connectivity index (χ3n) is 6.27. The van der Waals surface area contributed by atoms with E-state index in [0.29, 0.717) is 6.85 Å². The SMILES string of the molecule is CCC1=C(C)/C(=C(\c2ccc(P)cc2)c2c(C)c(CC)c(C)n2B(C)C)N=C1C. The minimum atomic E-state index is 0.391. The van der Waals surface area contributed by atoms with Crippen molar-refractivity contribution in [1.82, 2.24) is 4.48 Å². The van der Waals surface area contributed by atoms with E-state index in [2.05, 4.69) is 93.2 Å². The fraction of sp³-hybridized carbons (Fsp3) is 0.400. The predicted molar refractivity (Wildman–Crippen MR) is 134 cm³/mol. The molecule has 0 bridgehead atoms. The lowest BCUT2D eigenvalue weighted by Crippen LogP contribution is -2.20. The summed E-state index contributed by atoms with van der Waals surface area (Å²) < 4.78 is 2.52. The van der Waals surface area contributed by atoms with Crippen LogP contribution in [0.15, 0.2) is 46.1 Å². The van der Waals surface area contributed by atoms with E-state index < -0.39 is 0 Å². The highest BCUT2D eigenvalue weighted by molar-refractivity contribution is 7.27. The quantitative estimate of drug-likeness (QED) is 0.415. The first-order chi connectivity index (χ1) is 13.7. The molecular weight excluding hydrogens is 370 g/mol. The van der Waals surface area contributed by atoms with Gasteiger partial charge in [-0.15, -0.1) is 9.24 Å². The molecule has 1 aliphatic heterocycles. The molecule has 2 aromatic rings. The van der Waals surface area contributed by atoms with Crippen LogP contribution >= 0.6 is 9.24 Å². The molecule has 1 unspecified atom stereocenters. The molecule has 2 nitrogen and oxygen atoms in total. The van der Waals surface area contributed by atoms with Gasteiger partial charge in [0.25, 0.3) is 6.85 Å². The van der Waals surface area contributed by atoms with Gasteiger partial charge in [-0.1, -0.05) is 51.8 Å². The molecular formula is C25H34BN2P. The summed E-state index contributed by atoms with van der Waals surface area (Å²) in [6.45, 7) is 18.4. The van der Waals surface area contributed by atoms with Crippen LogP contribution in [0, 0.1) is 13.8 Å². The van der Waals surface area contributed by atoms with E-state index in [-0.39, 0.29) is 0 Å². The fourth-order valence-electron chi connectivity index (χ4n) is 4.92. The van der Waals surface area contributed by atoms with Gasteiger partial charge < -0.3 is 4.48 Å². The van der Waals surface area contributed by atoms with Crippen molar-refractivity contribution in [1.29, 1.82) is 0 Å². The van der Waals surface area contributed by atoms with Gasteiger partial charge in [0, 0.05) is 22.7 Å². The summed E-state index contributed by atoms with van der Waals surface area (Å²) in [6, 6.07) is 8.84. The number of aliphatic imine (C=N–C) groups is 1. The molecule has 152 valence electrons. The van der Waals surface area contributed by atoms with Crippen molar-refractivity contribution in [2.45, 2.75) is 68.0 Å². The Labute approximate surface area is 179 Å². The Balaban J connectivity index is 2.47. The lowest BCUT2D eigenvalue weighted by Gasteiger charge is -2.20. The van der Waals surface area contributed by atoms with Crippen LogP contribution in [0.1, 0.15) is 62.2 Å². The molecule has 0 N–H and O–H groups in total. The highest BCUT2D eigenvalue weighted by Crippen LogP contribution is 2.40. The summed E-state index contributed by atoms with van der Waals surface area (Å²) in [5.74, 6) is 0. The Morgan fingerprint density at radius 1 is 1.00 bits per heavy atom. The minimum Gasteiger partial charge on any atom is -0.390 e. The monoisotopic (exact) mass is 404 g/mol. The zero-order valence-corrected chi connectivity index (χ0v) is 20.4. The molecule has 4 heteroatoms. The smallest absolute Gasteiger partial charge is 0.253 e. The van der Waals surface area contributed by atoms with Crippen molar-refractivity contribution in [2.24, 2.45) is 4.99 Å². The number of hydrogen-bond donors (Lipinski definition) is 0. The maximum atomic E-state index is 5.11. The van der Waals surface area contributed by atoms with Gasteiger partial charge in [0.1, 0.15) is 0 Å². The van der Waals surface area contributed by atoms with Gasteiger partial charge in [-0.2, -0.15) is 0 Å². The highest BCUT2D eigenvalue weighted by atomic mass is 31.0. The summed E-state index contributed by atoms with van der Waals surface area (Å²) in [6.07, 6.45) is 2.07. The largest absolute Gasteiger partial charge is 0.390 e. The average Bonchev–Trinajstić information content (AvgIpc) is 3.09. The summed E-state index contributed by atoms with van der Waals surface area (Å²) in [4.78, 5) is 5.11. The van der Waals surface area contributed by atoms with Crippen LogP contribution < -0.4 is 5.30 Å². The Kier molecular flexibility index (Phi) is 6.39. The summed E-state index contributed by atoms with van der Waals surface area (Å²) in [7, 11) is 2.79. The second kappa shape index (κ2) is 8.48. The molecule has 3 rings (SSSR count). The topological polar surface area (TPSA) is 17.3 Å². The molecule has 0 fully saturated rings. The molecule has 0 saturated carbocycles. The van der Waals surface area contributed by atoms with Crippen molar-refractivity contribution < 1.29 is 0 Å². The Bertz CT molecular complexity index is 1030. The van der Waals surface area contributed by atoms with Gasteiger partial charge in [-0.05, 0) is 73.7 Å². The maximum Gasteiger partial charge on any atom is 0.253 e. The minimum absolute atomic E-state index is 0.391. The van der Waals surface area contributed by atoms with Gasteiger partial charge in [0.15, 0.2) is 0 Å². The Morgan fingerprint density at radius 2 is 1.62 bits per heavy atom. The van der Waals surface area contributed by atoms with Gasteiger partial charge in [-0.25, -0.2) is 0 Å². The average molecular weight is 404 g/mol. The van der Waals surface area contributed by atoms with Crippen molar-refractivity contribution in [3.63, 3.8) is 0 Å². The first kappa shape index (κ1) is 21.8. The normalized spacial score (nSPS) is 15.8. The molecule has 29 heavy (non-hydrogen) atoms. The summed E-state index contributed by atoms with van der Waals surface area (Å²) in [5.41, 5.74) is 13.1. The molecule has 1 aromatic carbocycles. The van der Waals surface area contributed by atoms with Gasteiger partial charge >= 0.3 is 0 Å². The number of allylic oxidation sites excluding steroid dienone is 2. The summed E-state index contributed by atoms with van der Waals surface area (Å²) in [5, 5.41) is 1.20. The first-order valence-corrected chi connectivity index (χ1v) is 11.4. The number of rotatable bonds is 5. The second-order valence-electron chi connectivity index (χ2n) is 8.35. The first-order valence-electron chi connectivity index (χ1n) is 10.8. The second-order valence-corrected chi connectivity index (χ2v) is 9.02. The van der Waals surface area contributed by atoms with Crippen LogP contribution in [0.5, 0.6) is 0 Å². The zero-order chi connectivity index (χ0) is 21.5. The van der Waals surface area contributed by atoms with Crippen LogP contribution in [-0.4, -0.2) is 17.0 Å². The Morgan fingerprint density at radius 3 is 2.10 bits per heavy atom. The number of hydrogen-bond acceptors (Lipinski definition) is 1. The molecule has 2 heterocycles. The molecule has 0 amide bonds. The van der Waals surface area contributed by atoms with Crippen LogP contribution in [0.4, 0.5) is 0 Å². The van der Waals surface area contributed by atoms with Crippen LogP contribution in [0.2, 0.25) is 13.6 Å². The summed E-state index contributed by atoms with van der Waals surface area (Å²) >= 11 is 0. The predicted octanol–water partition coefficient (Wildman–Crippen LogP) is 6.23. The Hall–Kier alpha value is -1.86. The van der Waals surface area contributed by atoms with E-state index in [1.54, 1.807) is 0 Å². The van der Waals surface area contributed by atoms with E-state index in [0.717, 1.165) is 24.3 Å². The van der Waals surface area contributed by atoms with Crippen molar-refractivity contribution in [3.8, 4) is 0 Å². The molecule has 1 aliphatic rings. The molecule has 0 saturated heterocycles. The molecule has 1 aromatic heterocycles. The van der Waals surface area contributed by atoms with E-state index in [9.17, 15) is 0 Å². The van der Waals surface area contributed by atoms with Gasteiger partial charge in [0.2, 0.25) is 0 Å². The number of aromatic nitrogens is 1. The van der Waals surface area contributed by atoms with E-state index in [1.165, 1.54) is 50.1 Å². The standard InChI is InChI=1S/C25H34BN2P/c1-9-21-15(3)24(27-17(21)5)23(19-11-13-20(29)14-12-19)25-16(4)22(10-2)18(6)28(25)26(7)8/h11-14H,9-10,29H2,1-8H3/b24-23-. The van der Waals surface area contributed by atoms with E-state index in [1.807, 2.05) is 0 Å². The maximum absolute atomic E-state index is 5.11. The third kappa shape index (κ3) is 3.70. The molecule has 1 atom stereocenters. The molecule has 0 radical (unpaired) electrons. The van der Waals surface area contributed by atoms with Crippen molar-refractivity contribution >= 4 is 32.7 Å². The van der Waals surface area contributed by atoms with Gasteiger partial charge in [0.05, 0.1) is 5.70 Å². The highest BCUT2D eigenvalue weighted by Gasteiger charge is 2.28. The lowest BCUT2D eigenvalue weighted by molar-refractivity contribution is 1.04. The van der Waals surface area contributed by atoms with E-state index in [4.69, 9.17) is 4.99 Å². The molecule has 0 spiro atoms. The van der Waals surface area contributed by atoms with Crippen molar-refractivity contribution in [2.75, 3.05) is 0 Å². The number of benzene rings is 1. The third-order valence-corrected chi connectivity index (χ3v) is 6.65. The van der Waals surface area contributed by atoms with Crippen molar-refractivity contribution in [3.05, 3.63) is 69.2 Å². The lowest BCUT2D eigenvalue weighted by atomic mass is 9.67. The van der Waals surface area contributed by atoms with Crippen LogP contribution in [0.3, 0.4) is 0 Å². The van der Waals surface area contributed by atoms with Crippen LogP contribution in [-0.2, 0) is 6.42 Å². The van der Waals surface area contributed by atoms with E-state index >= 15 is 0 Å². The number of nitrogens with zero attached hydrogens (tertiary/aromatic N) is 2. The fourth-order valence-corrected chi connectivity index (χ4v) is 5.11. The van der Waals surface area contributed by atoms with Crippen LogP contribution in [0.25, 0.3) is 5.57 Å². The zero-order valence-electron chi connectivity index (χ0n) is 19.3. The molecule has 0 aliphatic carbocycles. The van der Waals surface area contributed by atoms with Gasteiger partial charge in [-0.3, -0.25) is 4.99 Å².